The Morgan fingerprint density at radius 3 is 2.62 bits per heavy atom. The fourth-order valence-corrected chi connectivity index (χ4v) is 2.45. The number of nitrogens with zero attached hydrogens (tertiary/aromatic N) is 4. The van der Waals surface area contributed by atoms with Gasteiger partial charge >= 0.3 is 17.6 Å². The van der Waals surface area contributed by atoms with Gasteiger partial charge in [-0.05, 0) is 20.3 Å². The fraction of sp³-hybridized carbons (Fsp3) is 0.643. The summed E-state index contributed by atoms with van der Waals surface area (Å²) in [6.07, 6.45) is -0.194. The van der Waals surface area contributed by atoms with Gasteiger partial charge in [-0.25, -0.2) is 0 Å². The van der Waals surface area contributed by atoms with Gasteiger partial charge in [-0.1, -0.05) is 0 Å². The molecule has 1 fully saturated rings. The molecular weight excluding hydrogens is 320 g/mol. The number of hydrogen-bond acceptors (Lipinski definition) is 9. The summed E-state index contributed by atoms with van der Waals surface area (Å²) in [6, 6.07) is 1.91. The smallest absolute Gasteiger partial charge is 0.353 e. The topological polar surface area (TPSA) is 130 Å². The predicted molar refractivity (Wildman–Crippen MR) is 79.7 cm³/mol. The highest BCUT2D eigenvalue weighted by atomic mass is 16.7. The molecule has 10 nitrogen and oxygen atoms in total. The van der Waals surface area contributed by atoms with Crippen molar-refractivity contribution in [3.8, 4) is 18.0 Å². The van der Waals surface area contributed by atoms with E-state index in [4.69, 9.17) is 18.9 Å². The number of hydrogen-bond donors (Lipinski definition) is 0. The maximum absolute atomic E-state index is 11.4. The van der Waals surface area contributed by atoms with Crippen molar-refractivity contribution in [1.29, 1.82) is 5.26 Å². The van der Waals surface area contributed by atoms with Crippen LogP contribution in [0.25, 0.3) is 0 Å². The Bertz CT molecular complexity index is 672. The third-order valence-electron chi connectivity index (χ3n) is 3.47. The van der Waals surface area contributed by atoms with Crippen molar-refractivity contribution in [2.24, 2.45) is 0 Å². The van der Waals surface area contributed by atoms with E-state index in [0.29, 0.717) is 6.61 Å². The third-order valence-corrected chi connectivity index (χ3v) is 3.47. The summed E-state index contributed by atoms with van der Waals surface area (Å²) in [5.74, 6) is -1.91. The molecule has 0 bridgehead atoms. The molecule has 2 atom stereocenters. The zero-order valence-electron chi connectivity index (χ0n) is 13.8. The van der Waals surface area contributed by atoms with Gasteiger partial charge in [0.15, 0.2) is 5.79 Å². The molecule has 0 spiro atoms. The summed E-state index contributed by atoms with van der Waals surface area (Å²) in [7, 11) is 2.57. The van der Waals surface area contributed by atoms with Crippen LogP contribution in [-0.2, 0) is 9.47 Å². The normalized spacial score (nSPS) is 20.2. The minimum atomic E-state index is -0.904. The first kappa shape index (κ1) is 17.8. The highest BCUT2D eigenvalue weighted by molar-refractivity contribution is 5.49. The lowest BCUT2D eigenvalue weighted by Crippen LogP contribution is -2.22. The van der Waals surface area contributed by atoms with E-state index in [1.54, 1.807) is 13.8 Å². The van der Waals surface area contributed by atoms with Gasteiger partial charge in [0.25, 0.3) is 0 Å². The minimum absolute atomic E-state index is 0.0699. The van der Waals surface area contributed by atoms with Crippen LogP contribution in [0, 0.1) is 21.4 Å². The molecule has 0 amide bonds. The summed E-state index contributed by atoms with van der Waals surface area (Å²) >= 11 is 0. The molecule has 0 saturated carbocycles. The van der Waals surface area contributed by atoms with E-state index in [1.807, 2.05) is 6.07 Å². The van der Waals surface area contributed by atoms with Crippen LogP contribution in [-0.4, -0.2) is 47.6 Å². The predicted octanol–water partition coefficient (Wildman–Crippen LogP) is 1.55. The molecule has 10 heteroatoms. The molecule has 1 aliphatic heterocycles. The highest BCUT2D eigenvalue weighted by Gasteiger charge is 2.38. The second-order valence-corrected chi connectivity index (χ2v) is 5.58. The van der Waals surface area contributed by atoms with Crippen molar-refractivity contribution >= 4 is 5.69 Å². The van der Waals surface area contributed by atoms with Gasteiger partial charge in [0.1, 0.15) is 5.69 Å². The van der Waals surface area contributed by atoms with Crippen molar-refractivity contribution in [3.05, 3.63) is 15.8 Å². The van der Waals surface area contributed by atoms with Crippen LogP contribution in [0.3, 0.4) is 0 Å². The lowest BCUT2D eigenvalue weighted by Gasteiger charge is -2.18. The second kappa shape index (κ2) is 6.94. The van der Waals surface area contributed by atoms with Gasteiger partial charge in [-0.2, -0.15) is 15.2 Å². The number of aromatic nitrogens is 2. The van der Waals surface area contributed by atoms with E-state index >= 15 is 0 Å². The van der Waals surface area contributed by atoms with Gasteiger partial charge in [0.05, 0.1) is 43.8 Å². The van der Waals surface area contributed by atoms with Crippen LogP contribution in [0.2, 0.25) is 0 Å². The highest BCUT2D eigenvalue weighted by Crippen LogP contribution is 2.37. The van der Waals surface area contributed by atoms with Crippen LogP contribution in [0.5, 0.6) is 11.9 Å². The standard InChI is InChI=1S/C14H18N4O6/c1-14(2)23-7-9(24-14)5-8(6-15)10-11(18(19)20)12(21-3)17-13(16-10)22-4/h8-9H,5,7H2,1-4H3. The summed E-state index contributed by atoms with van der Waals surface area (Å²) in [4.78, 5) is 18.5. The van der Waals surface area contributed by atoms with Crippen LogP contribution in [0.4, 0.5) is 5.69 Å². The maximum Gasteiger partial charge on any atom is 0.353 e. The molecule has 2 heterocycles. The molecule has 1 aromatic heterocycles. The van der Waals surface area contributed by atoms with Crippen LogP contribution < -0.4 is 9.47 Å². The molecule has 2 rings (SSSR count). The summed E-state index contributed by atoms with van der Waals surface area (Å²) < 4.78 is 21.0. The first-order valence-electron chi connectivity index (χ1n) is 7.17. The van der Waals surface area contributed by atoms with Gasteiger partial charge in [0.2, 0.25) is 0 Å². The molecule has 0 N–H and O–H groups in total. The fourth-order valence-electron chi connectivity index (χ4n) is 2.45. The van der Waals surface area contributed by atoms with Gasteiger partial charge in [-0.15, -0.1) is 0 Å². The molecule has 0 aliphatic carbocycles. The van der Waals surface area contributed by atoms with E-state index < -0.39 is 22.3 Å². The van der Waals surface area contributed by atoms with Gasteiger partial charge in [0, 0.05) is 0 Å². The lowest BCUT2D eigenvalue weighted by atomic mass is 9.98. The first-order valence-corrected chi connectivity index (χ1v) is 7.17. The van der Waals surface area contributed by atoms with E-state index in [2.05, 4.69) is 9.97 Å². The number of rotatable bonds is 6. The van der Waals surface area contributed by atoms with E-state index in [9.17, 15) is 15.4 Å². The van der Waals surface area contributed by atoms with Crippen molar-refractivity contribution in [3.63, 3.8) is 0 Å². The number of nitriles is 1. The Morgan fingerprint density at radius 1 is 1.46 bits per heavy atom. The zero-order valence-corrected chi connectivity index (χ0v) is 13.8. The number of ether oxygens (including phenoxy) is 4. The van der Waals surface area contributed by atoms with E-state index in [-0.39, 0.29) is 30.1 Å². The molecule has 0 radical (unpaired) electrons. The van der Waals surface area contributed by atoms with Crippen LogP contribution in [0.15, 0.2) is 0 Å². The summed E-state index contributed by atoms with van der Waals surface area (Å²) in [6.45, 7) is 3.81. The molecule has 2 unspecified atom stereocenters. The third kappa shape index (κ3) is 3.69. The Hall–Kier alpha value is -2.51. The Kier molecular flexibility index (Phi) is 5.16. The summed E-state index contributed by atoms with van der Waals surface area (Å²) in [5.41, 5.74) is -0.525. The number of methoxy groups -OCH3 is 2. The number of nitro groups is 1. The minimum Gasteiger partial charge on any atom is -0.476 e. The van der Waals surface area contributed by atoms with Crippen molar-refractivity contribution < 1.29 is 23.9 Å². The van der Waals surface area contributed by atoms with E-state index in [1.165, 1.54) is 14.2 Å². The maximum atomic E-state index is 11.4. The second-order valence-electron chi connectivity index (χ2n) is 5.58. The average Bonchev–Trinajstić information content (AvgIpc) is 2.89. The molecule has 0 aromatic carbocycles. The Morgan fingerprint density at radius 2 is 2.17 bits per heavy atom. The molecule has 1 saturated heterocycles. The van der Waals surface area contributed by atoms with Crippen molar-refractivity contribution in [2.75, 3.05) is 20.8 Å². The Balaban J connectivity index is 2.40. The molecule has 1 aromatic rings. The zero-order chi connectivity index (χ0) is 17.9. The largest absolute Gasteiger partial charge is 0.476 e. The molecule has 130 valence electrons. The van der Waals surface area contributed by atoms with Crippen molar-refractivity contribution in [1.82, 2.24) is 9.97 Å². The van der Waals surface area contributed by atoms with Crippen LogP contribution in [0.1, 0.15) is 31.9 Å². The Labute approximate surface area is 138 Å². The molecular formula is C14H18N4O6. The van der Waals surface area contributed by atoms with Gasteiger partial charge < -0.3 is 18.9 Å². The molecule has 1 aliphatic rings. The summed E-state index contributed by atoms with van der Waals surface area (Å²) in [5, 5.41) is 20.9. The monoisotopic (exact) mass is 338 g/mol. The quantitative estimate of drug-likeness (QED) is 0.560. The SMILES string of the molecule is COc1nc(OC)c([N+](=O)[O-])c(C(C#N)CC2COC(C)(C)O2)n1. The molecule has 24 heavy (non-hydrogen) atoms. The first-order chi connectivity index (χ1) is 11.3. The van der Waals surface area contributed by atoms with Crippen LogP contribution >= 0.6 is 0 Å². The van der Waals surface area contributed by atoms with Gasteiger partial charge in [-0.3, -0.25) is 10.1 Å². The lowest BCUT2D eigenvalue weighted by molar-refractivity contribution is -0.387. The van der Waals surface area contributed by atoms with E-state index in [0.717, 1.165) is 0 Å². The van der Waals surface area contributed by atoms with Crippen molar-refractivity contribution in [2.45, 2.75) is 38.1 Å². The average molecular weight is 338 g/mol.